The van der Waals surface area contributed by atoms with Crippen molar-refractivity contribution in [1.29, 1.82) is 0 Å². The highest BCUT2D eigenvalue weighted by atomic mass is 32.1. The Kier molecular flexibility index (Phi) is 4.77. The molecule has 0 saturated heterocycles. The minimum atomic E-state index is -0.154. The minimum absolute atomic E-state index is 0.109. The van der Waals surface area contributed by atoms with E-state index in [2.05, 4.69) is 5.32 Å². The molecule has 0 aliphatic heterocycles. The summed E-state index contributed by atoms with van der Waals surface area (Å²) in [6.07, 6.45) is 1.58. The van der Waals surface area contributed by atoms with E-state index in [-0.39, 0.29) is 11.8 Å². The fraction of sp³-hybridized carbons (Fsp3) is 0.111. The lowest BCUT2D eigenvalue weighted by Crippen LogP contribution is -2.25. The van der Waals surface area contributed by atoms with Gasteiger partial charge >= 0.3 is 0 Å². The fourth-order valence-electron chi connectivity index (χ4n) is 2.23. The summed E-state index contributed by atoms with van der Waals surface area (Å²) in [6.45, 7) is 0.405. The van der Waals surface area contributed by atoms with Gasteiger partial charge in [0.25, 0.3) is 11.8 Å². The van der Waals surface area contributed by atoms with Gasteiger partial charge in [0, 0.05) is 18.3 Å². The molecule has 2 amide bonds. The highest BCUT2D eigenvalue weighted by Gasteiger charge is 2.13. The Balaban J connectivity index is 1.63. The zero-order chi connectivity index (χ0) is 16.9. The van der Waals surface area contributed by atoms with Gasteiger partial charge in [-0.1, -0.05) is 6.07 Å². The number of carbonyl (C=O) groups excluding carboxylic acids is 2. The summed E-state index contributed by atoms with van der Waals surface area (Å²) in [6, 6.07) is 14.1. The van der Waals surface area contributed by atoms with E-state index in [0.717, 1.165) is 5.76 Å². The van der Waals surface area contributed by atoms with Gasteiger partial charge in [-0.05, 0) is 47.8 Å². The van der Waals surface area contributed by atoms with E-state index in [1.165, 1.54) is 11.3 Å². The first kappa shape index (κ1) is 16.0. The van der Waals surface area contributed by atoms with Gasteiger partial charge in [-0.15, -0.1) is 11.3 Å². The predicted molar refractivity (Wildman–Crippen MR) is 93.2 cm³/mol. The molecule has 0 radical (unpaired) electrons. The van der Waals surface area contributed by atoms with Crippen molar-refractivity contribution < 1.29 is 14.0 Å². The van der Waals surface area contributed by atoms with Gasteiger partial charge < -0.3 is 14.6 Å². The second kappa shape index (κ2) is 7.14. The second-order valence-corrected chi connectivity index (χ2v) is 6.20. The van der Waals surface area contributed by atoms with Crippen LogP contribution in [0.25, 0.3) is 0 Å². The molecule has 6 heteroatoms. The molecule has 2 heterocycles. The first-order valence-corrected chi connectivity index (χ1v) is 8.24. The zero-order valence-electron chi connectivity index (χ0n) is 13.1. The average Bonchev–Trinajstić information content (AvgIpc) is 3.28. The number of furan rings is 1. The minimum Gasteiger partial charge on any atom is -0.467 e. The summed E-state index contributed by atoms with van der Waals surface area (Å²) in [5, 5.41) is 4.66. The van der Waals surface area contributed by atoms with Gasteiger partial charge in [-0.2, -0.15) is 0 Å². The first-order valence-electron chi connectivity index (χ1n) is 7.36. The zero-order valence-corrected chi connectivity index (χ0v) is 13.9. The van der Waals surface area contributed by atoms with Crippen molar-refractivity contribution in [1.82, 2.24) is 4.90 Å². The Labute approximate surface area is 143 Å². The van der Waals surface area contributed by atoms with Crippen LogP contribution < -0.4 is 5.32 Å². The Morgan fingerprint density at radius 3 is 2.54 bits per heavy atom. The molecule has 0 saturated carbocycles. The predicted octanol–water partition coefficient (Wildman–Crippen LogP) is 3.87. The van der Waals surface area contributed by atoms with Gasteiger partial charge in [-0.3, -0.25) is 9.59 Å². The highest BCUT2D eigenvalue weighted by molar-refractivity contribution is 7.12. The Morgan fingerprint density at radius 2 is 1.92 bits per heavy atom. The van der Waals surface area contributed by atoms with Crippen molar-refractivity contribution in [2.24, 2.45) is 0 Å². The summed E-state index contributed by atoms with van der Waals surface area (Å²) in [4.78, 5) is 26.6. The normalized spacial score (nSPS) is 10.4. The lowest BCUT2D eigenvalue weighted by atomic mass is 10.2. The van der Waals surface area contributed by atoms with Crippen LogP contribution >= 0.6 is 11.3 Å². The maximum absolute atomic E-state index is 12.4. The van der Waals surface area contributed by atoms with Crippen LogP contribution in [0.5, 0.6) is 0 Å². The molecule has 3 aromatic rings. The van der Waals surface area contributed by atoms with Crippen molar-refractivity contribution in [3.05, 3.63) is 76.4 Å². The Morgan fingerprint density at radius 1 is 1.12 bits per heavy atom. The molecule has 0 bridgehead atoms. The molecule has 0 atom stereocenters. The summed E-state index contributed by atoms with van der Waals surface area (Å²) < 4.78 is 5.25. The maximum atomic E-state index is 12.4. The van der Waals surface area contributed by atoms with Gasteiger partial charge in [-0.25, -0.2) is 0 Å². The van der Waals surface area contributed by atoms with Crippen LogP contribution in [0, 0.1) is 0 Å². The van der Waals surface area contributed by atoms with Crippen molar-refractivity contribution in [3.63, 3.8) is 0 Å². The molecule has 3 rings (SSSR count). The number of anilines is 1. The monoisotopic (exact) mass is 340 g/mol. The molecule has 0 spiro atoms. The van der Waals surface area contributed by atoms with Crippen LogP contribution in [-0.2, 0) is 6.54 Å². The largest absolute Gasteiger partial charge is 0.467 e. The van der Waals surface area contributed by atoms with E-state index < -0.39 is 0 Å². The standard InChI is InChI=1S/C18H16N2O3S/c1-20(12-15-4-2-10-23-15)18(22)13-6-8-14(9-7-13)19-17(21)16-5-3-11-24-16/h2-11H,12H2,1H3,(H,19,21). The molecular formula is C18H16N2O3S. The van der Waals surface area contributed by atoms with Gasteiger partial charge in [0.2, 0.25) is 0 Å². The number of carbonyl (C=O) groups is 2. The molecule has 0 fully saturated rings. The smallest absolute Gasteiger partial charge is 0.265 e. The van der Waals surface area contributed by atoms with Crippen LogP contribution in [0.2, 0.25) is 0 Å². The van der Waals surface area contributed by atoms with Gasteiger partial charge in [0.1, 0.15) is 5.76 Å². The number of benzene rings is 1. The summed E-state index contributed by atoms with van der Waals surface area (Å²) in [5.74, 6) is 0.465. The molecule has 1 aromatic carbocycles. The second-order valence-electron chi connectivity index (χ2n) is 5.25. The van der Waals surface area contributed by atoms with E-state index >= 15 is 0 Å². The molecule has 1 N–H and O–H groups in total. The van der Waals surface area contributed by atoms with E-state index in [1.807, 2.05) is 17.5 Å². The Bertz CT molecular complexity index is 809. The topological polar surface area (TPSA) is 62.6 Å². The van der Waals surface area contributed by atoms with Crippen LogP contribution in [0.4, 0.5) is 5.69 Å². The molecule has 24 heavy (non-hydrogen) atoms. The molecule has 122 valence electrons. The molecular weight excluding hydrogens is 324 g/mol. The van der Waals surface area contributed by atoms with E-state index in [0.29, 0.717) is 22.7 Å². The summed E-state index contributed by atoms with van der Waals surface area (Å²) >= 11 is 1.38. The SMILES string of the molecule is CN(Cc1ccco1)C(=O)c1ccc(NC(=O)c2cccs2)cc1. The third-order valence-electron chi connectivity index (χ3n) is 3.45. The van der Waals surface area contributed by atoms with Gasteiger partial charge in [0.15, 0.2) is 0 Å². The first-order chi connectivity index (χ1) is 11.6. The highest BCUT2D eigenvalue weighted by Crippen LogP contribution is 2.15. The summed E-state index contributed by atoms with van der Waals surface area (Å²) in [7, 11) is 1.72. The fourth-order valence-corrected chi connectivity index (χ4v) is 2.84. The number of amides is 2. The number of thiophene rings is 1. The molecule has 0 aliphatic rings. The van der Waals surface area contributed by atoms with Gasteiger partial charge in [0.05, 0.1) is 17.7 Å². The number of rotatable bonds is 5. The number of nitrogens with one attached hydrogen (secondary N) is 1. The quantitative estimate of drug-likeness (QED) is 0.767. The third-order valence-corrected chi connectivity index (χ3v) is 4.32. The van der Waals surface area contributed by atoms with Crippen molar-refractivity contribution in [2.75, 3.05) is 12.4 Å². The van der Waals surface area contributed by atoms with E-state index in [9.17, 15) is 9.59 Å². The molecule has 5 nitrogen and oxygen atoms in total. The number of nitrogens with zero attached hydrogens (tertiary/aromatic N) is 1. The Hall–Kier alpha value is -2.86. The van der Waals surface area contributed by atoms with E-state index in [1.54, 1.807) is 54.6 Å². The number of hydrogen-bond donors (Lipinski definition) is 1. The average molecular weight is 340 g/mol. The van der Waals surface area contributed by atoms with E-state index in [4.69, 9.17) is 4.42 Å². The van der Waals surface area contributed by atoms with Crippen LogP contribution in [0.15, 0.2) is 64.6 Å². The summed E-state index contributed by atoms with van der Waals surface area (Å²) in [5.41, 5.74) is 1.21. The van der Waals surface area contributed by atoms with Crippen molar-refractivity contribution in [2.45, 2.75) is 6.54 Å². The third kappa shape index (κ3) is 3.72. The van der Waals surface area contributed by atoms with Crippen molar-refractivity contribution in [3.8, 4) is 0 Å². The maximum Gasteiger partial charge on any atom is 0.265 e. The lowest BCUT2D eigenvalue weighted by molar-refractivity contribution is 0.0775. The lowest BCUT2D eigenvalue weighted by Gasteiger charge is -2.16. The van der Waals surface area contributed by atoms with Crippen LogP contribution in [0.3, 0.4) is 0 Å². The van der Waals surface area contributed by atoms with Crippen LogP contribution in [-0.4, -0.2) is 23.8 Å². The number of hydrogen-bond acceptors (Lipinski definition) is 4. The molecule has 2 aromatic heterocycles. The van der Waals surface area contributed by atoms with Crippen molar-refractivity contribution >= 4 is 28.8 Å². The molecule has 0 aliphatic carbocycles. The van der Waals surface area contributed by atoms with Crippen LogP contribution in [0.1, 0.15) is 25.8 Å². The molecule has 0 unspecified atom stereocenters.